The number of hydrogen-bond acceptors (Lipinski definition) is 2. The highest BCUT2D eigenvalue weighted by Gasteiger charge is 2.51. The van der Waals surface area contributed by atoms with Crippen molar-refractivity contribution in [3.63, 3.8) is 0 Å². The SMILES string of the molecule is c1ccc(-c2ccc(N(c3ccc4c(c3)C3(c5ccccc5Oc5cc(-c6ccccc6)c(-c6ccccc6)cc53)c3ccccc3-4)c3cccc4ccccc34)cc2)cc1. The molecule has 1 aliphatic heterocycles. The number of nitrogens with zero attached hydrogens (tertiary/aromatic N) is 1. The molecule has 1 spiro atoms. The van der Waals surface area contributed by atoms with Gasteiger partial charge >= 0.3 is 0 Å². The highest BCUT2D eigenvalue weighted by atomic mass is 16.5. The first kappa shape index (κ1) is 35.0. The van der Waals surface area contributed by atoms with Gasteiger partial charge in [-0.2, -0.15) is 0 Å². The van der Waals surface area contributed by atoms with E-state index in [0.717, 1.165) is 50.8 Å². The van der Waals surface area contributed by atoms with Crippen molar-refractivity contribution in [1.82, 2.24) is 0 Å². The third-order valence-electron chi connectivity index (χ3n) is 12.7. The lowest BCUT2D eigenvalue weighted by Crippen LogP contribution is -2.32. The Morgan fingerprint density at radius 3 is 1.62 bits per heavy atom. The van der Waals surface area contributed by atoms with E-state index in [2.05, 4.69) is 241 Å². The average molecular weight is 778 g/mol. The van der Waals surface area contributed by atoms with E-state index >= 15 is 0 Å². The highest BCUT2D eigenvalue weighted by Crippen LogP contribution is 2.63. The number of ether oxygens (including phenoxy) is 1. The van der Waals surface area contributed by atoms with E-state index in [1.165, 1.54) is 55.3 Å². The Bertz CT molecular complexity index is 3260. The fourth-order valence-electron chi connectivity index (χ4n) is 10.1. The second kappa shape index (κ2) is 14.1. The van der Waals surface area contributed by atoms with Gasteiger partial charge in [-0.25, -0.2) is 0 Å². The van der Waals surface area contributed by atoms with Crippen LogP contribution in [-0.4, -0.2) is 0 Å². The van der Waals surface area contributed by atoms with Gasteiger partial charge in [0.2, 0.25) is 0 Å². The first-order valence-electron chi connectivity index (χ1n) is 21.0. The monoisotopic (exact) mass is 777 g/mol. The maximum Gasteiger partial charge on any atom is 0.132 e. The summed E-state index contributed by atoms with van der Waals surface area (Å²) in [6, 6.07) is 85.9. The van der Waals surface area contributed by atoms with Crippen LogP contribution < -0.4 is 9.64 Å². The van der Waals surface area contributed by atoms with Crippen molar-refractivity contribution >= 4 is 27.8 Å². The van der Waals surface area contributed by atoms with E-state index < -0.39 is 5.41 Å². The summed E-state index contributed by atoms with van der Waals surface area (Å²) in [5.41, 5.74) is 16.9. The van der Waals surface area contributed by atoms with E-state index in [4.69, 9.17) is 4.74 Å². The van der Waals surface area contributed by atoms with Crippen LogP contribution in [0.5, 0.6) is 11.5 Å². The van der Waals surface area contributed by atoms with Crippen LogP contribution in [0, 0.1) is 0 Å². The van der Waals surface area contributed by atoms with E-state index in [-0.39, 0.29) is 0 Å². The molecule has 1 heterocycles. The van der Waals surface area contributed by atoms with Crippen LogP contribution in [0.3, 0.4) is 0 Å². The summed E-state index contributed by atoms with van der Waals surface area (Å²) in [4.78, 5) is 2.44. The lowest BCUT2D eigenvalue weighted by atomic mass is 9.65. The molecule has 0 radical (unpaired) electrons. The minimum absolute atomic E-state index is 0.674. The summed E-state index contributed by atoms with van der Waals surface area (Å²) < 4.78 is 7.05. The van der Waals surface area contributed by atoms with Gasteiger partial charge < -0.3 is 9.64 Å². The molecule has 1 atom stereocenters. The molecule has 0 amide bonds. The Morgan fingerprint density at radius 2 is 0.869 bits per heavy atom. The second-order valence-corrected chi connectivity index (χ2v) is 16.0. The minimum atomic E-state index is -0.674. The quantitative estimate of drug-likeness (QED) is 0.167. The predicted octanol–water partition coefficient (Wildman–Crippen LogP) is 15.8. The summed E-state index contributed by atoms with van der Waals surface area (Å²) in [7, 11) is 0. The normalized spacial score (nSPS) is 14.4. The molecule has 1 unspecified atom stereocenters. The number of rotatable bonds is 6. The third kappa shape index (κ3) is 5.50. The number of benzene rings is 10. The summed E-state index contributed by atoms with van der Waals surface area (Å²) in [5, 5.41) is 2.39. The molecular formula is C59H39NO. The number of fused-ring (bicyclic) bond motifs is 10. The zero-order valence-corrected chi connectivity index (χ0v) is 33.4. The Kier molecular flexibility index (Phi) is 8.11. The predicted molar refractivity (Wildman–Crippen MR) is 252 cm³/mol. The van der Waals surface area contributed by atoms with Crippen molar-refractivity contribution in [1.29, 1.82) is 0 Å². The Balaban J connectivity index is 1.14. The molecule has 286 valence electrons. The standard InChI is InChI=1S/C59H39NO/c1-4-17-40(18-5-1)41-31-33-45(34-32-41)60(56-29-16-24-42-23-10-11-25-47(42)56)46-35-36-49-48-26-12-13-27-52(48)59(54(49)37-46)53-28-14-15-30-57(53)61-58-39-51(44-21-8-3-9-22-44)50(38-55(58)59)43-19-6-2-7-20-43/h1-39H. The fourth-order valence-corrected chi connectivity index (χ4v) is 10.1. The van der Waals surface area contributed by atoms with Gasteiger partial charge in [0.25, 0.3) is 0 Å². The van der Waals surface area contributed by atoms with Gasteiger partial charge in [-0.15, -0.1) is 0 Å². The zero-order chi connectivity index (χ0) is 40.3. The molecule has 2 aliphatic rings. The Hall–Kier alpha value is -7.94. The van der Waals surface area contributed by atoms with Gasteiger partial charge in [0.15, 0.2) is 0 Å². The largest absolute Gasteiger partial charge is 0.457 e. The molecule has 10 aromatic carbocycles. The molecule has 0 aromatic heterocycles. The van der Waals surface area contributed by atoms with Crippen LogP contribution in [0.1, 0.15) is 22.3 Å². The van der Waals surface area contributed by atoms with Crippen molar-refractivity contribution in [3.05, 3.63) is 259 Å². The van der Waals surface area contributed by atoms with Crippen LogP contribution >= 0.6 is 0 Å². The summed E-state index contributed by atoms with van der Waals surface area (Å²) in [6.07, 6.45) is 0. The minimum Gasteiger partial charge on any atom is -0.457 e. The lowest BCUT2D eigenvalue weighted by molar-refractivity contribution is 0.436. The van der Waals surface area contributed by atoms with Crippen LogP contribution in [0.25, 0.3) is 55.3 Å². The number of hydrogen-bond donors (Lipinski definition) is 0. The van der Waals surface area contributed by atoms with Crippen molar-refractivity contribution in [2.24, 2.45) is 0 Å². The Labute approximate surface area is 356 Å². The summed E-state index contributed by atoms with van der Waals surface area (Å²) in [5.74, 6) is 1.74. The molecule has 10 aromatic rings. The third-order valence-corrected chi connectivity index (χ3v) is 12.7. The van der Waals surface area contributed by atoms with Crippen molar-refractivity contribution in [2.45, 2.75) is 5.41 Å². The molecular weight excluding hydrogens is 739 g/mol. The van der Waals surface area contributed by atoms with E-state index in [9.17, 15) is 0 Å². The molecule has 0 fully saturated rings. The van der Waals surface area contributed by atoms with Gasteiger partial charge in [0, 0.05) is 27.9 Å². The van der Waals surface area contributed by atoms with Crippen LogP contribution in [-0.2, 0) is 5.41 Å². The second-order valence-electron chi connectivity index (χ2n) is 16.0. The first-order chi connectivity index (χ1) is 30.3. The van der Waals surface area contributed by atoms with E-state index in [0.29, 0.717) is 0 Å². The van der Waals surface area contributed by atoms with Gasteiger partial charge in [-0.05, 0) is 110 Å². The molecule has 0 N–H and O–H groups in total. The molecule has 2 heteroatoms. The molecule has 0 bridgehead atoms. The smallest absolute Gasteiger partial charge is 0.132 e. The maximum absolute atomic E-state index is 7.05. The Morgan fingerprint density at radius 1 is 0.311 bits per heavy atom. The van der Waals surface area contributed by atoms with Gasteiger partial charge in [0.1, 0.15) is 11.5 Å². The molecule has 2 nitrogen and oxygen atoms in total. The topological polar surface area (TPSA) is 12.5 Å². The van der Waals surface area contributed by atoms with Gasteiger partial charge in [-0.1, -0.05) is 188 Å². The van der Waals surface area contributed by atoms with Crippen molar-refractivity contribution < 1.29 is 4.74 Å². The van der Waals surface area contributed by atoms with E-state index in [1.54, 1.807) is 0 Å². The molecule has 1 aliphatic carbocycles. The van der Waals surface area contributed by atoms with Crippen molar-refractivity contribution in [2.75, 3.05) is 4.90 Å². The van der Waals surface area contributed by atoms with Crippen LogP contribution in [0.15, 0.2) is 237 Å². The zero-order valence-electron chi connectivity index (χ0n) is 33.4. The average Bonchev–Trinajstić information content (AvgIpc) is 3.62. The lowest BCUT2D eigenvalue weighted by Gasteiger charge is -2.40. The van der Waals surface area contributed by atoms with Crippen LogP contribution in [0.2, 0.25) is 0 Å². The van der Waals surface area contributed by atoms with Gasteiger partial charge in [0.05, 0.1) is 11.1 Å². The number of para-hydroxylation sites is 1. The summed E-state index contributed by atoms with van der Waals surface area (Å²) in [6.45, 7) is 0. The molecule has 61 heavy (non-hydrogen) atoms. The first-order valence-corrected chi connectivity index (χ1v) is 21.0. The molecule has 0 saturated heterocycles. The summed E-state index contributed by atoms with van der Waals surface area (Å²) >= 11 is 0. The molecule has 0 saturated carbocycles. The maximum atomic E-state index is 7.05. The van der Waals surface area contributed by atoms with Crippen LogP contribution in [0.4, 0.5) is 17.1 Å². The fraction of sp³-hybridized carbons (Fsp3) is 0.0169. The number of anilines is 3. The highest BCUT2D eigenvalue weighted by molar-refractivity contribution is 6.00. The molecule has 12 rings (SSSR count). The van der Waals surface area contributed by atoms with Crippen molar-refractivity contribution in [3.8, 4) is 56.0 Å². The van der Waals surface area contributed by atoms with Gasteiger partial charge in [-0.3, -0.25) is 0 Å². The van der Waals surface area contributed by atoms with E-state index in [1.807, 2.05) is 0 Å².